The first-order valence-corrected chi connectivity index (χ1v) is 6.49. The number of rotatable bonds is 1. The summed E-state index contributed by atoms with van der Waals surface area (Å²) in [6.45, 7) is 2.01. The molecule has 98 valence electrons. The monoisotopic (exact) mass is 277 g/mol. The number of hydrogen-bond donors (Lipinski definition) is 1. The molecule has 2 unspecified atom stereocenters. The molecule has 0 saturated carbocycles. The van der Waals surface area contributed by atoms with E-state index in [9.17, 15) is 4.39 Å². The lowest BCUT2D eigenvalue weighted by Crippen LogP contribution is -2.32. The van der Waals surface area contributed by atoms with Crippen LogP contribution in [0.15, 0.2) is 42.5 Å². The summed E-state index contributed by atoms with van der Waals surface area (Å²) in [4.78, 5) is 0. The smallest absolute Gasteiger partial charge is 0.144 e. The first kappa shape index (κ1) is 12.3. The molecular formula is C15H13ClFNO. The van der Waals surface area contributed by atoms with Crippen LogP contribution < -0.4 is 10.1 Å². The van der Waals surface area contributed by atoms with E-state index >= 15 is 0 Å². The van der Waals surface area contributed by atoms with Gasteiger partial charge < -0.3 is 10.1 Å². The topological polar surface area (TPSA) is 21.3 Å². The first-order valence-electron chi connectivity index (χ1n) is 6.12. The molecule has 0 aromatic heterocycles. The lowest BCUT2D eigenvalue weighted by Gasteiger charge is -2.33. The fourth-order valence-electron chi connectivity index (χ4n) is 2.29. The van der Waals surface area contributed by atoms with Crippen LogP contribution in [-0.4, -0.2) is 6.04 Å². The van der Waals surface area contributed by atoms with E-state index in [0.717, 1.165) is 5.56 Å². The van der Waals surface area contributed by atoms with Gasteiger partial charge >= 0.3 is 0 Å². The van der Waals surface area contributed by atoms with Gasteiger partial charge in [0.15, 0.2) is 0 Å². The third-order valence-electron chi connectivity index (χ3n) is 3.23. The molecular weight excluding hydrogens is 265 g/mol. The van der Waals surface area contributed by atoms with E-state index in [1.54, 1.807) is 6.07 Å². The lowest BCUT2D eigenvalue weighted by molar-refractivity contribution is 0.177. The quantitative estimate of drug-likeness (QED) is 0.833. The van der Waals surface area contributed by atoms with E-state index in [4.69, 9.17) is 16.3 Å². The number of anilines is 1. The van der Waals surface area contributed by atoms with Crippen LogP contribution in [0, 0.1) is 5.82 Å². The van der Waals surface area contributed by atoms with Crippen LogP contribution in [0.25, 0.3) is 0 Å². The SMILES string of the molecule is CC1Nc2cc(F)ccc2OC1c1ccc(Cl)cc1. The molecule has 0 spiro atoms. The molecule has 0 fully saturated rings. The number of ether oxygens (including phenoxy) is 1. The summed E-state index contributed by atoms with van der Waals surface area (Å²) in [6, 6.07) is 12.1. The van der Waals surface area contributed by atoms with Crippen molar-refractivity contribution in [1.82, 2.24) is 0 Å². The van der Waals surface area contributed by atoms with Crippen molar-refractivity contribution in [3.8, 4) is 5.75 Å². The van der Waals surface area contributed by atoms with Crippen molar-refractivity contribution >= 4 is 17.3 Å². The van der Waals surface area contributed by atoms with Crippen molar-refractivity contribution in [2.45, 2.75) is 19.1 Å². The third kappa shape index (κ3) is 2.38. The van der Waals surface area contributed by atoms with Crippen LogP contribution in [-0.2, 0) is 0 Å². The number of fused-ring (bicyclic) bond motifs is 1. The van der Waals surface area contributed by atoms with Crippen molar-refractivity contribution in [3.05, 3.63) is 58.9 Å². The van der Waals surface area contributed by atoms with E-state index < -0.39 is 0 Å². The molecule has 4 heteroatoms. The Morgan fingerprint density at radius 3 is 2.63 bits per heavy atom. The second-order valence-corrected chi connectivity index (χ2v) is 5.10. The van der Waals surface area contributed by atoms with Gasteiger partial charge in [-0.2, -0.15) is 0 Å². The second kappa shape index (κ2) is 4.74. The van der Waals surface area contributed by atoms with Crippen molar-refractivity contribution in [1.29, 1.82) is 0 Å². The molecule has 19 heavy (non-hydrogen) atoms. The number of nitrogens with one attached hydrogen (secondary N) is 1. The molecule has 2 atom stereocenters. The van der Waals surface area contributed by atoms with Gasteiger partial charge in [-0.25, -0.2) is 4.39 Å². The van der Waals surface area contributed by atoms with Gasteiger partial charge in [-0.05, 0) is 36.8 Å². The molecule has 0 aliphatic carbocycles. The maximum Gasteiger partial charge on any atom is 0.144 e. The highest BCUT2D eigenvalue weighted by molar-refractivity contribution is 6.30. The molecule has 1 heterocycles. The summed E-state index contributed by atoms with van der Waals surface area (Å²) in [6.07, 6.45) is -0.116. The number of halogens is 2. The van der Waals surface area contributed by atoms with Gasteiger partial charge in [-0.3, -0.25) is 0 Å². The minimum Gasteiger partial charge on any atom is -0.481 e. The Kier molecular flexibility index (Phi) is 3.07. The van der Waals surface area contributed by atoms with E-state index in [0.29, 0.717) is 16.5 Å². The minimum atomic E-state index is -0.271. The van der Waals surface area contributed by atoms with Crippen LogP contribution in [0.3, 0.4) is 0 Å². The molecule has 3 rings (SSSR count). The van der Waals surface area contributed by atoms with Gasteiger partial charge in [0, 0.05) is 11.1 Å². The van der Waals surface area contributed by atoms with E-state index in [2.05, 4.69) is 5.32 Å². The van der Waals surface area contributed by atoms with Gasteiger partial charge in [0.1, 0.15) is 17.7 Å². The van der Waals surface area contributed by atoms with Gasteiger partial charge in [0.05, 0.1) is 11.7 Å². The van der Waals surface area contributed by atoms with Crippen LogP contribution in [0.2, 0.25) is 5.02 Å². The predicted molar refractivity (Wildman–Crippen MR) is 74.3 cm³/mol. The molecule has 2 aromatic rings. The average Bonchev–Trinajstić information content (AvgIpc) is 2.39. The highest BCUT2D eigenvalue weighted by atomic mass is 35.5. The molecule has 2 nitrogen and oxygen atoms in total. The van der Waals surface area contributed by atoms with Crippen molar-refractivity contribution < 1.29 is 9.13 Å². The molecule has 1 aliphatic rings. The fourth-order valence-corrected chi connectivity index (χ4v) is 2.41. The van der Waals surface area contributed by atoms with Crippen molar-refractivity contribution in [2.24, 2.45) is 0 Å². The number of benzene rings is 2. The summed E-state index contributed by atoms with van der Waals surface area (Å²) in [5.41, 5.74) is 1.73. The average molecular weight is 278 g/mol. The van der Waals surface area contributed by atoms with Crippen LogP contribution in [0.1, 0.15) is 18.6 Å². The fraction of sp³-hybridized carbons (Fsp3) is 0.200. The third-order valence-corrected chi connectivity index (χ3v) is 3.48. The van der Waals surface area contributed by atoms with Crippen LogP contribution >= 0.6 is 11.6 Å². The Morgan fingerprint density at radius 1 is 1.16 bits per heavy atom. The largest absolute Gasteiger partial charge is 0.481 e. The van der Waals surface area contributed by atoms with E-state index in [1.807, 2.05) is 31.2 Å². The standard InChI is InChI=1S/C15H13ClFNO/c1-9-15(10-2-4-11(16)5-3-10)19-14-7-6-12(17)8-13(14)18-9/h2-9,15,18H,1H3. The first-order chi connectivity index (χ1) is 9.13. The van der Waals surface area contributed by atoms with Crippen molar-refractivity contribution in [3.63, 3.8) is 0 Å². The maximum atomic E-state index is 13.2. The highest BCUT2D eigenvalue weighted by Gasteiger charge is 2.27. The summed E-state index contributed by atoms with van der Waals surface area (Å²) in [7, 11) is 0. The Balaban J connectivity index is 1.93. The maximum absolute atomic E-state index is 13.2. The summed E-state index contributed by atoms with van der Waals surface area (Å²) in [5, 5.41) is 3.96. The summed E-state index contributed by atoms with van der Waals surface area (Å²) >= 11 is 5.89. The Labute approximate surface area is 116 Å². The lowest BCUT2D eigenvalue weighted by atomic mass is 10.0. The molecule has 1 aliphatic heterocycles. The van der Waals surface area contributed by atoms with Gasteiger partial charge in [0.25, 0.3) is 0 Å². The molecule has 0 amide bonds. The zero-order chi connectivity index (χ0) is 13.4. The van der Waals surface area contributed by atoms with Gasteiger partial charge in [-0.1, -0.05) is 23.7 Å². The molecule has 0 radical (unpaired) electrons. The Morgan fingerprint density at radius 2 is 1.89 bits per heavy atom. The summed E-state index contributed by atoms with van der Waals surface area (Å²) in [5.74, 6) is 0.395. The molecule has 0 bridgehead atoms. The summed E-state index contributed by atoms with van der Waals surface area (Å²) < 4.78 is 19.1. The Bertz CT molecular complexity index is 600. The zero-order valence-electron chi connectivity index (χ0n) is 10.4. The van der Waals surface area contributed by atoms with Gasteiger partial charge in [0.2, 0.25) is 0 Å². The Hall–Kier alpha value is -1.74. The molecule has 1 N–H and O–H groups in total. The normalized spacial score (nSPS) is 21.2. The van der Waals surface area contributed by atoms with Crippen molar-refractivity contribution in [2.75, 3.05) is 5.32 Å². The minimum absolute atomic E-state index is 0.0514. The van der Waals surface area contributed by atoms with Gasteiger partial charge in [-0.15, -0.1) is 0 Å². The molecule has 0 saturated heterocycles. The number of hydrogen-bond acceptors (Lipinski definition) is 2. The zero-order valence-corrected chi connectivity index (χ0v) is 11.1. The predicted octanol–water partition coefficient (Wildman–Crippen LogP) is 4.41. The van der Waals surface area contributed by atoms with E-state index in [1.165, 1.54) is 12.1 Å². The van der Waals surface area contributed by atoms with E-state index in [-0.39, 0.29) is 18.0 Å². The highest BCUT2D eigenvalue weighted by Crippen LogP contribution is 2.37. The van der Waals surface area contributed by atoms with Crippen LogP contribution in [0.5, 0.6) is 5.75 Å². The molecule has 2 aromatic carbocycles. The second-order valence-electron chi connectivity index (χ2n) is 4.66. The van der Waals surface area contributed by atoms with Crippen LogP contribution in [0.4, 0.5) is 10.1 Å².